The van der Waals surface area contributed by atoms with E-state index in [1.54, 1.807) is 0 Å². The van der Waals surface area contributed by atoms with Gasteiger partial charge in [0.25, 0.3) is 0 Å². The topological polar surface area (TPSA) is 24.5 Å². The molecule has 3 nitrogen and oxygen atoms in total. The van der Waals surface area contributed by atoms with E-state index in [-0.39, 0.29) is 11.1 Å². The molecule has 4 heteroatoms. The molecule has 2 unspecified atom stereocenters. The Labute approximate surface area is 129 Å². The number of nitrogens with zero attached hydrogens (tertiary/aromatic N) is 1. The van der Waals surface area contributed by atoms with Gasteiger partial charge in [-0.2, -0.15) is 11.8 Å². The van der Waals surface area contributed by atoms with Gasteiger partial charge in [-0.05, 0) is 78.1 Å². The average molecular weight is 301 g/mol. The van der Waals surface area contributed by atoms with Gasteiger partial charge in [-0.1, -0.05) is 0 Å². The predicted molar refractivity (Wildman–Crippen MR) is 88.6 cm³/mol. The van der Waals surface area contributed by atoms with Gasteiger partial charge in [-0.3, -0.25) is 0 Å². The molecule has 2 aliphatic heterocycles. The van der Waals surface area contributed by atoms with Crippen LogP contribution in [0.2, 0.25) is 0 Å². The van der Waals surface area contributed by atoms with Crippen LogP contribution in [0.4, 0.5) is 0 Å². The quantitative estimate of drug-likeness (QED) is 0.862. The molecule has 2 fully saturated rings. The van der Waals surface area contributed by atoms with Crippen molar-refractivity contribution >= 4 is 11.8 Å². The molecule has 2 saturated heterocycles. The van der Waals surface area contributed by atoms with Crippen molar-refractivity contribution in [3.05, 3.63) is 0 Å². The largest absolute Gasteiger partial charge is 0.375 e. The molecule has 2 rings (SSSR count). The van der Waals surface area contributed by atoms with Crippen LogP contribution in [-0.2, 0) is 4.74 Å². The first-order valence-corrected chi connectivity index (χ1v) is 9.13. The van der Waals surface area contributed by atoms with Gasteiger partial charge in [0.1, 0.15) is 0 Å². The molecule has 0 bridgehead atoms. The zero-order valence-corrected chi connectivity index (χ0v) is 14.7. The Morgan fingerprint density at radius 2 is 1.95 bits per heavy atom. The number of thioether (sulfide) groups is 1. The summed E-state index contributed by atoms with van der Waals surface area (Å²) in [6.45, 7) is 5.65. The third-order valence-corrected chi connectivity index (χ3v) is 6.62. The Balaban J connectivity index is 2.10. The number of rotatable bonds is 4. The van der Waals surface area contributed by atoms with Crippen LogP contribution in [0.5, 0.6) is 0 Å². The molecule has 1 N–H and O–H groups in total. The number of hydrogen-bond donors (Lipinski definition) is 1. The molecular weight excluding hydrogens is 268 g/mol. The van der Waals surface area contributed by atoms with Gasteiger partial charge in [-0.15, -0.1) is 0 Å². The summed E-state index contributed by atoms with van der Waals surface area (Å²) in [5.41, 5.74) is 0.354. The van der Waals surface area contributed by atoms with E-state index in [4.69, 9.17) is 4.74 Å². The Hall–Kier alpha value is 0.230. The van der Waals surface area contributed by atoms with E-state index in [0.29, 0.717) is 12.0 Å². The fourth-order valence-electron chi connectivity index (χ4n) is 3.89. The lowest BCUT2D eigenvalue weighted by atomic mass is 9.73. The van der Waals surface area contributed by atoms with E-state index in [9.17, 15) is 0 Å². The highest BCUT2D eigenvalue weighted by Gasteiger charge is 2.44. The minimum Gasteiger partial charge on any atom is -0.375 e. The minimum atomic E-state index is 0.168. The molecule has 0 saturated carbocycles. The second-order valence-electron chi connectivity index (χ2n) is 7.21. The third kappa shape index (κ3) is 3.34. The van der Waals surface area contributed by atoms with Crippen molar-refractivity contribution in [3.63, 3.8) is 0 Å². The molecule has 0 aliphatic carbocycles. The molecule has 0 aromatic carbocycles. The molecule has 118 valence electrons. The Morgan fingerprint density at radius 1 is 1.30 bits per heavy atom. The lowest BCUT2D eigenvalue weighted by molar-refractivity contribution is -0.113. The molecular formula is C16H32N2OS. The monoisotopic (exact) mass is 300 g/mol. The van der Waals surface area contributed by atoms with Gasteiger partial charge in [0, 0.05) is 18.2 Å². The molecule has 2 heterocycles. The van der Waals surface area contributed by atoms with Gasteiger partial charge in [0.2, 0.25) is 0 Å². The molecule has 0 aromatic rings. The predicted octanol–water partition coefficient (Wildman–Crippen LogP) is 2.61. The molecule has 2 aliphatic rings. The highest BCUT2D eigenvalue weighted by Crippen LogP contribution is 2.42. The van der Waals surface area contributed by atoms with E-state index < -0.39 is 0 Å². The number of ether oxygens (including phenoxy) is 1. The highest BCUT2D eigenvalue weighted by atomic mass is 32.2. The summed E-state index contributed by atoms with van der Waals surface area (Å²) in [6.07, 6.45) is 4.91. The number of hydrogen-bond acceptors (Lipinski definition) is 4. The van der Waals surface area contributed by atoms with Gasteiger partial charge >= 0.3 is 0 Å². The first-order valence-electron chi connectivity index (χ1n) is 7.98. The maximum absolute atomic E-state index is 6.25. The lowest BCUT2D eigenvalue weighted by Crippen LogP contribution is -2.60. The van der Waals surface area contributed by atoms with Crippen LogP contribution in [0, 0.1) is 5.92 Å². The van der Waals surface area contributed by atoms with Gasteiger partial charge < -0.3 is 15.0 Å². The van der Waals surface area contributed by atoms with Crippen molar-refractivity contribution in [2.75, 3.05) is 39.3 Å². The number of likely N-dealkylation sites (N-methyl/N-ethyl adjacent to an activating group) is 2. The van der Waals surface area contributed by atoms with Crippen molar-refractivity contribution < 1.29 is 4.74 Å². The van der Waals surface area contributed by atoms with Crippen LogP contribution >= 0.6 is 11.8 Å². The van der Waals surface area contributed by atoms with Crippen molar-refractivity contribution in [2.24, 2.45) is 5.92 Å². The lowest BCUT2D eigenvalue weighted by Gasteiger charge is -2.50. The van der Waals surface area contributed by atoms with Crippen molar-refractivity contribution in [2.45, 2.75) is 56.7 Å². The molecule has 20 heavy (non-hydrogen) atoms. The normalized spacial score (nSPS) is 28.8. The summed E-state index contributed by atoms with van der Waals surface area (Å²) < 4.78 is 6.25. The maximum atomic E-state index is 6.25. The standard InChI is InChI=1S/C16H32N2OS/c1-15(2,18(4)5)14(17-3)13-6-9-19-16(12-13)7-10-20-11-8-16/h13-14,17H,6-12H2,1-5H3. The van der Waals surface area contributed by atoms with Crippen molar-refractivity contribution in [3.8, 4) is 0 Å². The summed E-state index contributed by atoms with van der Waals surface area (Å²) in [5, 5.41) is 3.61. The fraction of sp³-hybridized carbons (Fsp3) is 1.00. The van der Waals surface area contributed by atoms with E-state index in [0.717, 1.165) is 6.61 Å². The Kier molecular flexibility index (Phi) is 5.44. The van der Waals surface area contributed by atoms with Crippen LogP contribution in [0.25, 0.3) is 0 Å². The van der Waals surface area contributed by atoms with Crippen LogP contribution in [-0.4, -0.2) is 61.3 Å². The van der Waals surface area contributed by atoms with Crippen molar-refractivity contribution in [1.82, 2.24) is 10.2 Å². The smallest absolute Gasteiger partial charge is 0.0701 e. The highest BCUT2D eigenvalue weighted by molar-refractivity contribution is 7.99. The Bertz CT molecular complexity index is 308. The van der Waals surface area contributed by atoms with Crippen LogP contribution in [0.15, 0.2) is 0 Å². The minimum absolute atomic E-state index is 0.168. The van der Waals surface area contributed by atoms with Crippen LogP contribution in [0.3, 0.4) is 0 Å². The SMILES string of the molecule is CNC(C1CCOC2(CCSCC2)C1)C(C)(C)N(C)C. The van der Waals surface area contributed by atoms with Crippen LogP contribution in [0.1, 0.15) is 39.5 Å². The molecule has 0 radical (unpaired) electrons. The first-order chi connectivity index (χ1) is 9.41. The molecule has 1 spiro atoms. The molecule has 0 amide bonds. The first kappa shape index (κ1) is 16.6. The van der Waals surface area contributed by atoms with E-state index in [1.807, 2.05) is 0 Å². The second kappa shape index (κ2) is 6.55. The summed E-state index contributed by atoms with van der Waals surface area (Å²) >= 11 is 2.08. The van der Waals surface area contributed by atoms with Crippen LogP contribution < -0.4 is 5.32 Å². The summed E-state index contributed by atoms with van der Waals surface area (Å²) in [6, 6.07) is 0.521. The average Bonchev–Trinajstić information content (AvgIpc) is 2.40. The van der Waals surface area contributed by atoms with Gasteiger partial charge in [0.15, 0.2) is 0 Å². The molecule has 2 atom stereocenters. The van der Waals surface area contributed by atoms with E-state index >= 15 is 0 Å². The third-order valence-electron chi connectivity index (χ3n) is 5.63. The second-order valence-corrected chi connectivity index (χ2v) is 8.44. The zero-order valence-electron chi connectivity index (χ0n) is 13.9. The summed E-state index contributed by atoms with van der Waals surface area (Å²) in [4.78, 5) is 2.35. The van der Waals surface area contributed by atoms with Gasteiger partial charge in [0.05, 0.1) is 5.60 Å². The van der Waals surface area contributed by atoms with E-state index in [1.165, 1.54) is 37.2 Å². The maximum Gasteiger partial charge on any atom is 0.0701 e. The number of nitrogens with one attached hydrogen (secondary N) is 1. The fourth-order valence-corrected chi connectivity index (χ4v) is 5.12. The van der Waals surface area contributed by atoms with Gasteiger partial charge in [-0.25, -0.2) is 0 Å². The zero-order chi connectivity index (χ0) is 14.8. The van der Waals surface area contributed by atoms with Crippen molar-refractivity contribution in [1.29, 1.82) is 0 Å². The summed E-state index contributed by atoms with van der Waals surface area (Å²) in [5.74, 6) is 3.26. The molecule has 0 aromatic heterocycles. The summed E-state index contributed by atoms with van der Waals surface area (Å²) in [7, 11) is 6.50. The van der Waals surface area contributed by atoms with E-state index in [2.05, 4.69) is 57.0 Å². The Morgan fingerprint density at radius 3 is 2.50 bits per heavy atom.